The summed E-state index contributed by atoms with van der Waals surface area (Å²) in [5.74, 6) is 0. The average molecular weight is 109 g/mol. The maximum Gasteiger partial charge on any atom is -0.0320 e. The van der Waals surface area contributed by atoms with Gasteiger partial charge in [-0.3, -0.25) is 0 Å². The molecule has 8 heavy (non-hydrogen) atoms. The zero-order valence-corrected chi connectivity index (χ0v) is 5.32. The quantitative estimate of drug-likeness (QED) is 0.454. The van der Waals surface area contributed by atoms with Crippen molar-refractivity contribution < 1.29 is 0 Å². The van der Waals surface area contributed by atoms with E-state index in [0.717, 1.165) is 6.42 Å². The van der Waals surface area contributed by atoms with E-state index in [-0.39, 0.29) is 0 Å². The fraction of sp³-hybridized carbons (Fsp3) is 0.625. The SMILES string of the molecule is [CH2]CC1=CCCCC1. The lowest BCUT2D eigenvalue weighted by Crippen LogP contribution is -1.88. The van der Waals surface area contributed by atoms with E-state index >= 15 is 0 Å². The second kappa shape index (κ2) is 2.91. The smallest absolute Gasteiger partial charge is 0.0320 e. The number of hydrogen-bond acceptors (Lipinski definition) is 0. The summed E-state index contributed by atoms with van der Waals surface area (Å²) in [5, 5.41) is 0. The zero-order valence-electron chi connectivity index (χ0n) is 5.32. The summed E-state index contributed by atoms with van der Waals surface area (Å²) in [7, 11) is 0. The Hall–Kier alpha value is -0.260. The molecule has 0 aromatic heterocycles. The lowest BCUT2D eigenvalue weighted by atomic mass is 9.98. The lowest BCUT2D eigenvalue weighted by Gasteiger charge is -2.08. The highest BCUT2D eigenvalue weighted by molar-refractivity contribution is 5.05. The van der Waals surface area contributed by atoms with E-state index in [1.807, 2.05) is 0 Å². The van der Waals surface area contributed by atoms with Crippen molar-refractivity contribution in [2.45, 2.75) is 32.1 Å². The van der Waals surface area contributed by atoms with Gasteiger partial charge in [-0.05, 0) is 39.0 Å². The second-order valence-electron chi connectivity index (χ2n) is 2.36. The van der Waals surface area contributed by atoms with Crippen LogP contribution in [-0.4, -0.2) is 0 Å². The van der Waals surface area contributed by atoms with Crippen LogP contribution < -0.4 is 0 Å². The van der Waals surface area contributed by atoms with Crippen molar-refractivity contribution >= 4 is 0 Å². The van der Waals surface area contributed by atoms with Crippen LogP contribution in [-0.2, 0) is 0 Å². The van der Waals surface area contributed by atoms with Gasteiger partial charge in [-0.15, -0.1) is 0 Å². The van der Waals surface area contributed by atoms with Crippen LogP contribution in [0.2, 0.25) is 0 Å². The molecule has 0 heteroatoms. The highest BCUT2D eigenvalue weighted by Crippen LogP contribution is 2.18. The average Bonchev–Trinajstić information content (AvgIpc) is 1.90. The molecule has 0 N–H and O–H groups in total. The van der Waals surface area contributed by atoms with Gasteiger partial charge in [0.2, 0.25) is 0 Å². The minimum atomic E-state index is 1.03. The van der Waals surface area contributed by atoms with Crippen molar-refractivity contribution in [3.05, 3.63) is 18.6 Å². The van der Waals surface area contributed by atoms with Crippen molar-refractivity contribution in [3.63, 3.8) is 0 Å². The molecule has 0 aliphatic heterocycles. The summed E-state index contributed by atoms with van der Waals surface area (Å²) in [6.07, 6.45) is 8.76. The normalized spacial score (nSPS) is 20.4. The van der Waals surface area contributed by atoms with Crippen LogP contribution in [0.3, 0.4) is 0 Å². The van der Waals surface area contributed by atoms with Crippen molar-refractivity contribution in [1.29, 1.82) is 0 Å². The topological polar surface area (TPSA) is 0 Å². The Labute approximate surface area is 51.6 Å². The van der Waals surface area contributed by atoms with E-state index in [1.165, 1.54) is 25.7 Å². The summed E-state index contributed by atoms with van der Waals surface area (Å²) in [6.45, 7) is 3.84. The molecule has 0 nitrogen and oxygen atoms in total. The first-order valence-electron chi connectivity index (χ1n) is 3.40. The van der Waals surface area contributed by atoms with E-state index in [2.05, 4.69) is 13.0 Å². The predicted molar refractivity (Wildman–Crippen MR) is 36.5 cm³/mol. The molecule has 1 rings (SSSR count). The van der Waals surface area contributed by atoms with Crippen molar-refractivity contribution in [3.8, 4) is 0 Å². The van der Waals surface area contributed by atoms with Crippen LogP contribution in [0, 0.1) is 6.92 Å². The molecule has 0 amide bonds. The van der Waals surface area contributed by atoms with Gasteiger partial charge < -0.3 is 0 Å². The second-order valence-corrected chi connectivity index (χ2v) is 2.36. The molecule has 0 saturated heterocycles. The Morgan fingerprint density at radius 3 is 2.75 bits per heavy atom. The van der Waals surface area contributed by atoms with Crippen LogP contribution in [0.15, 0.2) is 11.6 Å². The molecular weight excluding hydrogens is 96.1 g/mol. The van der Waals surface area contributed by atoms with Gasteiger partial charge in [0, 0.05) is 0 Å². The molecule has 0 aromatic carbocycles. The van der Waals surface area contributed by atoms with E-state index in [1.54, 1.807) is 5.57 Å². The van der Waals surface area contributed by atoms with E-state index in [4.69, 9.17) is 0 Å². The Balaban J connectivity index is 2.37. The van der Waals surface area contributed by atoms with Gasteiger partial charge >= 0.3 is 0 Å². The van der Waals surface area contributed by atoms with Gasteiger partial charge in [-0.25, -0.2) is 0 Å². The molecule has 0 aromatic rings. The fourth-order valence-electron chi connectivity index (χ4n) is 1.13. The van der Waals surface area contributed by atoms with Gasteiger partial charge in [0.05, 0.1) is 0 Å². The summed E-state index contributed by atoms with van der Waals surface area (Å²) >= 11 is 0. The monoisotopic (exact) mass is 109 g/mol. The van der Waals surface area contributed by atoms with Gasteiger partial charge in [0.25, 0.3) is 0 Å². The highest BCUT2D eigenvalue weighted by atomic mass is 14.0. The summed E-state index contributed by atoms with van der Waals surface area (Å²) in [5.41, 5.74) is 1.57. The first-order valence-corrected chi connectivity index (χ1v) is 3.40. The number of hydrogen-bond donors (Lipinski definition) is 0. The Bertz CT molecular complexity index is 90.2. The van der Waals surface area contributed by atoms with Gasteiger partial charge in [-0.1, -0.05) is 11.6 Å². The summed E-state index contributed by atoms with van der Waals surface area (Å²) in [6, 6.07) is 0. The predicted octanol–water partition coefficient (Wildman–Crippen LogP) is 2.71. The van der Waals surface area contributed by atoms with E-state index < -0.39 is 0 Å². The fourth-order valence-corrected chi connectivity index (χ4v) is 1.13. The molecular formula is C8H13. The largest absolute Gasteiger partial charge is 0.0853 e. The standard InChI is InChI=1S/C8H13/c1-2-8-6-4-3-5-7-8/h6H,1-5,7H2. The molecule has 45 valence electrons. The Morgan fingerprint density at radius 1 is 1.50 bits per heavy atom. The molecule has 0 bridgehead atoms. The van der Waals surface area contributed by atoms with E-state index in [9.17, 15) is 0 Å². The molecule has 0 saturated carbocycles. The van der Waals surface area contributed by atoms with Crippen LogP contribution in [0.25, 0.3) is 0 Å². The van der Waals surface area contributed by atoms with Crippen molar-refractivity contribution in [2.24, 2.45) is 0 Å². The van der Waals surface area contributed by atoms with Gasteiger partial charge in [0.15, 0.2) is 0 Å². The minimum absolute atomic E-state index is 1.03. The summed E-state index contributed by atoms with van der Waals surface area (Å²) < 4.78 is 0. The third-order valence-corrected chi connectivity index (χ3v) is 1.71. The van der Waals surface area contributed by atoms with E-state index in [0.29, 0.717) is 0 Å². The third kappa shape index (κ3) is 1.36. The highest BCUT2D eigenvalue weighted by Gasteiger charge is 1.98. The van der Waals surface area contributed by atoms with Gasteiger partial charge in [0.1, 0.15) is 0 Å². The molecule has 0 fully saturated rings. The molecule has 0 atom stereocenters. The number of allylic oxidation sites excluding steroid dienone is 2. The Morgan fingerprint density at radius 2 is 2.38 bits per heavy atom. The van der Waals surface area contributed by atoms with Crippen molar-refractivity contribution in [2.75, 3.05) is 0 Å². The Kier molecular flexibility index (Phi) is 2.13. The molecule has 0 heterocycles. The maximum absolute atomic E-state index is 3.84. The molecule has 0 spiro atoms. The lowest BCUT2D eigenvalue weighted by molar-refractivity contribution is 0.691. The van der Waals surface area contributed by atoms with Crippen LogP contribution in [0.1, 0.15) is 32.1 Å². The molecule has 1 aliphatic carbocycles. The number of rotatable bonds is 1. The van der Waals surface area contributed by atoms with Crippen LogP contribution >= 0.6 is 0 Å². The first kappa shape index (κ1) is 5.87. The van der Waals surface area contributed by atoms with Crippen molar-refractivity contribution in [1.82, 2.24) is 0 Å². The first-order chi connectivity index (χ1) is 3.93. The minimum Gasteiger partial charge on any atom is -0.0853 e. The van der Waals surface area contributed by atoms with Crippen LogP contribution in [0.4, 0.5) is 0 Å². The third-order valence-electron chi connectivity index (χ3n) is 1.71. The maximum atomic E-state index is 3.84. The zero-order chi connectivity index (χ0) is 5.82. The molecule has 0 unspecified atom stereocenters. The summed E-state index contributed by atoms with van der Waals surface area (Å²) in [4.78, 5) is 0. The van der Waals surface area contributed by atoms with Gasteiger partial charge in [-0.2, -0.15) is 0 Å². The van der Waals surface area contributed by atoms with Crippen LogP contribution in [0.5, 0.6) is 0 Å². The molecule has 1 radical (unpaired) electrons. The molecule has 1 aliphatic rings.